The predicted molar refractivity (Wildman–Crippen MR) is 57.5 cm³/mol. The molecule has 0 saturated carbocycles. The minimum atomic E-state index is -2.74. The number of hydrogen-bond acceptors (Lipinski definition) is 6. The Hall–Kier alpha value is -1.08. The zero-order valence-corrected chi connectivity index (χ0v) is 11.8. The van der Waals surface area contributed by atoms with Crippen molar-refractivity contribution in [3.05, 3.63) is 0 Å². The number of rotatable bonds is 5. The van der Waals surface area contributed by atoms with Crippen LogP contribution in [0.15, 0.2) is 0 Å². The molecule has 10 heteroatoms. The van der Waals surface area contributed by atoms with E-state index in [1.807, 2.05) is 0 Å². The first-order chi connectivity index (χ1) is 7.69. The number of aliphatic hydroxyl groups is 1. The maximum absolute atomic E-state index is 10.3. The predicted octanol–water partition coefficient (Wildman–Crippen LogP) is -1.94. The molecule has 0 rings (SSSR count). The number of hydrogen-bond donors (Lipinski definition) is 5. The Kier molecular flexibility index (Phi) is 13.6. The Morgan fingerprint density at radius 1 is 1.17 bits per heavy atom. The Balaban J connectivity index is -0.000000392. The van der Waals surface area contributed by atoms with Gasteiger partial charge in [0.2, 0.25) is 0 Å². The van der Waals surface area contributed by atoms with E-state index in [1.165, 1.54) is 0 Å². The van der Waals surface area contributed by atoms with Crippen LogP contribution in [0.4, 0.5) is 0 Å². The van der Waals surface area contributed by atoms with Gasteiger partial charge >= 0.3 is 17.9 Å². The van der Waals surface area contributed by atoms with Crippen LogP contribution < -0.4 is 5.32 Å². The molecule has 0 aliphatic rings. The minimum absolute atomic E-state index is 0. The SMILES string of the molecule is CNC#N.O=C(O)CC(O)(CC(=O)O)C(=O)O.[Ca]. The summed E-state index contributed by atoms with van der Waals surface area (Å²) in [5.74, 6) is -5.02. The zero-order valence-electron chi connectivity index (χ0n) is 9.58. The van der Waals surface area contributed by atoms with E-state index in [1.54, 1.807) is 13.2 Å². The molecular formula is C8H12CaN2O7. The molecule has 5 N–H and O–H groups in total. The Bertz CT molecular complexity index is 323. The van der Waals surface area contributed by atoms with E-state index in [4.69, 9.17) is 25.7 Å². The van der Waals surface area contributed by atoms with Crippen molar-refractivity contribution in [2.45, 2.75) is 18.4 Å². The number of carboxylic acid groups (broad SMARTS) is 3. The van der Waals surface area contributed by atoms with E-state index >= 15 is 0 Å². The first-order valence-corrected chi connectivity index (χ1v) is 4.14. The van der Waals surface area contributed by atoms with Gasteiger partial charge < -0.3 is 25.7 Å². The van der Waals surface area contributed by atoms with Crippen molar-refractivity contribution >= 4 is 55.6 Å². The summed E-state index contributed by atoms with van der Waals surface area (Å²) in [6.45, 7) is 0. The van der Waals surface area contributed by atoms with Crippen molar-refractivity contribution in [3.63, 3.8) is 0 Å². The van der Waals surface area contributed by atoms with Crippen molar-refractivity contribution in [1.82, 2.24) is 5.32 Å². The molecule has 98 valence electrons. The normalized spacial score (nSPS) is 8.72. The van der Waals surface area contributed by atoms with Gasteiger partial charge in [-0.3, -0.25) is 9.59 Å². The van der Waals surface area contributed by atoms with Gasteiger partial charge in [-0.05, 0) is 0 Å². The smallest absolute Gasteiger partial charge is 0.336 e. The van der Waals surface area contributed by atoms with Crippen LogP contribution in [0.1, 0.15) is 12.8 Å². The molecule has 0 heterocycles. The van der Waals surface area contributed by atoms with Crippen LogP contribution in [0, 0.1) is 11.5 Å². The third-order valence-electron chi connectivity index (χ3n) is 1.40. The summed E-state index contributed by atoms with van der Waals surface area (Å²) in [6.07, 6.45) is -0.608. The van der Waals surface area contributed by atoms with Crippen molar-refractivity contribution in [3.8, 4) is 6.19 Å². The Labute approximate surface area is 132 Å². The molecule has 18 heavy (non-hydrogen) atoms. The molecule has 0 aromatic heterocycles. The summed E-state index contributed by atoms with van der Waals surface area (Å²) in [7, 11) is 1.57. The number of nitrogens with zero attached hydrogens (tertiary/aromatic N) is 1. The summed E-state index contributed by atoms with van der Waals surface area (Å²) in [4.78, 5) is 30.5. The minimum Gasteiger partial charge on any atom is -0.481 e. The van der Waals surface area contributed by atoms with Gasteiger partial charge in [0.05, 0.1) is 12.8 Å². The van der Waals surface area contributed by atoms with E-state index in [0.29, 0.717) is 0 Å². The van der Waals surface area contributed by atoms with Crippen molar-refractivity contribution in [2.75, 3.05) is 7.05 Å². The standard InChI is InChI=1S/C6H8O7.C2H4N2.Ca/c7-3(8)1-6(13,5(11)12)2-4(9)10;1-4-2-3;/h13H,1-2H2,(H,7,8)(H,9,10)(H,11,12);4H,1H3;. The van der Waals surface area contributed by atoms with Crippen molar-refractivity contribution in [2.24, 2.45) is 0 Å². The molecule has 0 atom stereocenters. The van der Waals surface area contributed by atoms with Gasteiger partial charge in [0.25, 0.3) is 0 Å². The van der Waals surface area contributed by atoms with E-state index in [0.717, 1.165) is 0 Å². The zero-order chi connectivity index (χ0) is 14.1. The van der Waals surface area contributed by atoms with Gasteiger partial charge in [0, 0.05) is 44.8 Å². The summed E-state index contributed by atoms with van der Waals surface area (Å²) in [5.41, 5.74) is -2.74. The van der Waals surface area contributed by atoms with Crippen molar-refractivity contribution < 1.29 is 34.8 Å². The molecule has 2 radical (unpaired) electrons. The quantitative estimate of drug-likeness (QED) is 0.219. The number of aliphatic carboxylic acids is 3. The average molecular weight is 288 g/mol. The molecule has 0 aliphatic heterocycles. The first kappa shape index (κ1) is 22.1. The van der Waals surface area contributed by atoms with Crippen LogP contribution in [0.3, 0.4) is 0 Å². The van der Waals surface area contributed by atoms with E-state index in [-0.39, 0.29) is 37.7 Å². The molecule has 0 aliphatic carbocycles. The second-order valence-electron chi connectivity index (χ2n) is 2.84. The fourth-order valence-electron chi connectivity index (χ4n) is 0.714. The number of carboxylic acids is 3. The second kappa shape index (κ2) is 11.0. The molecule has 0 fully saturated rings. The van der Waals surface area contributed by atoms with Crippen LogP contribution in [0.2, 0.25) is 0 Å². The van der Waals surface area contributed by atoms with Crippen LogP contribution in [0.5, 0.6) is 0 Å². The Morgan fingerprint density at radius 2 is 1.44 bits per heavy atom. The van der Waals surface area contributed by atoms with Gasteiger partial charge in [-0.1, -0.05) is 0 Å². The number of nitrogens with one attached hydrogen (secondary N) is 1. The van der Waals surface area contributed by atoms with Gasteiger partial charge in [-0.15, -0.1) is 0 Å². The average Bonchev–Trinajstić information content (AvgIpc) is 2.15. The summed E-state index contributed by atoms with van der Waals surface area (Å²) in [5, 5.41) is 43.6. The van der Waals surface area contributed by atoms with Gasteiger partial charge in [0.15, 0.2) is 11.8 Å². The largest absolute Gasteiger partial charge is 0.481 e. The molecule has 0 bridgehead atoms. The van der Waals surface area contributed by atoms with E-state index < -0.39 is 36.4 Å². The molecule has 0 spiro atoms. The van der Waals surface area contributed by atoms with E-state index in [2.05, 4.69) is 5.32 Å². The van der Waals surface area contributed by atoms with Gasteiger partial charge in [0.1, 0.15) is 0 Å². The molecule has 9 nitrogen and oxygen atoms in total. The van der Waals surface area contributed by atoms with Gasteiger partial charge in [-0.25, -0.2) is 4.79 Å². The van der Waals surface area contributed by atoms with E-state index in [9.17, 15) is 14.4 Å². The fraction of sp³-hybridized carbons (Fsp3) is 0.500. The molecular weight excluding hydrogens is 276 g/mol. The van der Waals surface area contributed by atoms with Crippen LogP contribution in [0.25, 0.3) is 0 Å². The Morgan fingerprint density at radius 3 is 1.56 bits per heavy atom. The fourth-order valence-corrected chi connectivity index (χ4v) is 0.714. The third kappa shape index (κ3) is 11.4. The maximum atomic E-state index is 10.3. The summed E-state index contributed by atoms with van der Waals surface area (Å²) < 4.78 is 0. The summed E-state index contributed by atoms with van der Waals surface area (Å²) >= 11 is 0. The molecule has 0 aromatic rings. The molecule has 0 saturated heterocycles. The molecule has 0 amide bonds. The van der Waals surface area contributed by atoms with Crippen LogP contribution in [-0.2, 0) is 14.4 Å². The number of nitriles is 1. The van der Waals surface area contributed by atoms with Gasteiger partial charge in [-0.2, -0.15) is 5.26 Å². The third-order valence-corrected chi connectivity index (χ3v) is 1.40. The topological polar surface area (TPSA) is 168 Å². The molecule has 0 aromatic carbocycles. The monoisotopic (exact) mass is 288 g/mol. The number of carbonyl (C=O) groups is 3. The van der Waals surface area contributed by atoms with Crippen molar-refractivity contribution in [1.29, 1.82) is 5.26 Å². The second-order valence-corrected chi connectivity index (χ2v) is 2.84. The van der Waals surface area contributed by atoms with Crippen LogP contribution >= 0.6 is 0 Å². The van der Waals surface area contributed by atoms with Crippen LogP contribution in [-0.4, -0.2) is 88.7 Å². The maximum Gasteiger partial charge on any atom is 0.336 e. The first-order valence-electron chi connectivity index (χ1n) is 4.14. The molecule has 0 unspecified atom stereocenters. The summed E-state index contributed by atoms with van der Waals surface area (Å²) in [6, 6.07) is 0.